The molecule has 5 N–H and O–H groups in total. The second-order valence-corrected chi connectivity index (χ2v) is 5.67. The van der Waals surface area contributed by atoms with Gasteiger partial charge in [-0.25, -0.2) is 4.39 Å². The first kappa shape index (κ1) is 13.9. The molecule has 0 aliphatic heterocycles. The van der Waals surface area contributed by atoms with Crippen molar-refractivity contribution in [3.63, 3.8) is 0 Å². The molecule has 96 valence electrons. The van der Waals surface area contributed by atoms with Gasteiger partial charge in [0.15, 0.2) is 5.82 Å². The SMILES string of the molecule is CC(C)(C)CCNc1c(N)cc(N)c(Cl)c1F. The van der Waals surface area contributed by atoms with Crippen molar-refractivity contribution in [2.24, 2.45) is 5.41 Å². The third-order valence-electron chi connectivity index (χ3n) is 2.44. The van der Waals surface area contributed by atoms with E-state index in [0.29, 0.717) is 6.54 Å². The van der Waals surface area contributed by atoms with Crippen molar-refractivity contribution in [1.29, 1.82) is 0 Å². The highest BCUT2D eigenvalue weighted by Gasteiger charge is 2.15. The molecule has 0 spiro atoms. The molecule has 0 radical (unpaired) electrons. The first-order chi connectivity index (χ1) is 7.72. The van der Waals surface area contributed by atoms with E-state index in [2.05, 4.69) is 26.1 Å². The van der Waals surface area contributed by atoms with Crippen molar-refractivity contribution in [3.05, 3.63) is 16.9 Å². The number of nitrogen functional groups attached to an aromatic ring is 2. The normalized spacial score (nSPS) is 11.6. The van der Waals surface area contributed by atoms with Crippen LogP contribution in [0.3, 0.4) is 0 Å². The Morgan fingerprint density at radius 1 is 1.29 bits per heavy atom. The van der Waals surface area contributed by atoms with Crippen LogP contribution in [0.2, 0.25) is 5.02 Å². The summed E-state index contributed by atoms with van der Waals surface area (Å²) in [5.41, 5.74) is 12.0. The predicted octanol–water partition coefficient (Wildman–Crippen LogP) is 3.49. The minimum atomic E-state index is -0.585. The number of halogens is 2. The molecular formula is C12H19ClFN3. The quantitative estimate of drug-likeness (QED) is 0.728. The number of benzene rings is 1. The van der Waals surface area contributed by atoms with Crippen molar-refractivity contribution in [3.8, 4) is 0 Å². The molecule has 0 saturated carbocycles. The van der Waals surface area contributed by atoms with Crippen LogP contribution in [0.5, 0.6) is 0 Å². The van der Waals surface area contributed by atoms with Crippen LogP contribution in [0.4, 0.5) is 21.5 Å². The van der Waals surface area contributed by atoms with E-state index in [1.807, 2.05) is 0 Å². The number of nitrogens with one attached hydrogen (secondary N) is 1. The molecular weight excluding hydrogens is 241 g/mol. The Kier molecular flexibility index (Phi) is 4.09. The molecule has 17 heavy (non-hydrogen) atoms. The van der Waals surface area contributed by atoms with Crippen LogP contribution in [-0.4, -0.2) is 6.54 Å². The molecule has 0 unspecified atom stereocenters. The lowest BCUT2D eigenvalue weighted by Crippen LogP contribution is -2.14. The zero-order valence-electron chi connectivity index (χ0n) is 10.4. The average Bonchev–Trinajstić information content (AvgIpc) is 2.18. The van der Waals surface area contributed by atoms with Crippen molar-refractivity contribution in [2.45, 2.75) is 27.2 Å². The van der Waals surface area contributed by atoms with Gasteiger partial charge in [0, 0.05) is 6.54 Å². The Balaban J connectivity index is 2.82. The maximum Gasteiger partial charge on any atom is 0.169 e. The summed E-state index contributed by atoms with van der Waals surface area (Å²) in [6.45, 7) is 6.98. The minimum absolute atomic E-state index is 0.0857. The van der Waals surface area contributed by atoms with Gasteiger partial charge in [-0.1, -0.05) is 32.4 Å². The third-order valence-corrected chi connectivity index (χ3v) is 2.83. The predicted molar refractivity (Wildman–Crippen MR) is 72.8 cm³/mol. The molecule has 0 aromatic heterocycles. The molecule has 0 aliphatic rings. The van der Waals surface area contributed by atoms with E-state index in [1.54, 1.807) is 0 Å². The topological polar surface area (TPSA) is 64.1 Å². The van der Waals surface area contributed by atoms with Crippen molar-refractivity contribution < 1.29 is 4.39 Å². The number of hydrogen-bond donors (Lipinski definition) is 3. The lowest BCUT2D eigenvalue weighted by molar-refractivity contribution is 0.389. The van der Waals surface area contributed by atoms with Gasteiger partial charge in [0.1, 0.15) is 5.02 Å². The average molecular weight is 260 g/mol. The summed E-state index contributed by atoms with van der Waals surface area (Å²) in [7, 11) is 0. The van der Waals surface area contributed by atoms with Gasteiger partial charge in [-0.15, -0.1) is 0 Å². The fourth-order valence-electron chi connectivity index (χ4n) is 1.41. The molecule has 0 fully saturated rings. The summed E-state index contributed by atoms with van der Waals surface area (Å²) >= 11 is 5.73. The second kappa shape index (κ2) is 5.00. The first-order valence-corrected chi connectivity index (χ1v) is 5.87. The molecule has 1 aromatic carbocycles. The van der Waals surface area contributed by atoms with Crippen LogP contribution in [-0.2, 0) is 0 Å². The van der Waals surface area contributed by atoms with E-state index in [1.165, 1.54) is 6.07 Å². The van der Waals surface area contributed by atoms with Crippen molar-refractivity contribution >= 4 is 28.7 Å². The first-order valence-electron chi connectivity index (χ1n) is 5.49. The number of hydrogen-bond acceptors (Lipinski definition) is 3. The molecule has 3 nitrogen and oxygen atoms in total. The molecule has 1 aromatic rings. The summed E-state index contributed by atoms with van der Waals surface area (Å²) in [6.07, 6.45) is 0.897. The van der Waals surface area contributed by atoms with Crippen LogP contribution in [0.25, 0.3) is 0 Å². The van der Waals surface area contributed by atoms with Crippen LogP contribution in [0.1, 0.15) is 27.2 Å². The highest BCUT2D eigenvalue weighted by atomic mass is 35.5. The molecule has 5 heteroatoms. The zero-order valence-corrected chi connectivity index (χ0v) is 11.2. The van der Waals surface area contributed by atoms with Crippen LogP contribution in [0.15, 0.2) is 6.07 Å². The van der Waals surface area contributed by atoms with E-state index in [4.69, 9.17) is 23.1 Å². The standard InChI is InChI=1S/C12H19ClFN3/c1-12(2,3)4-5-17-11-8(16)6-7(15)9(13)10(11)14/h6,17H,4-5,15-16H2,1-3H3. The largest absolute Gasteiger partial charge is 0.397 e. The zero-order chi connectivity index (χ0) is 13.2. The Morgan fingerprint density at radius 3 is 2.41 bits per heavy atom. The van der Waals surface area contributed by atoms with Gasteiger partial charge in [-0.05, 0) is 17.9 Å². The molecule has 0 bridgehead atoms. The monoisotopic (exact) mass is 259 g/mol. The smallest absolute Gasteiger partial charge is 0.169 e. The Hall–Kier alpha value is -1.16. The van der Waals surface area contributed by atoms with E-state index in [0.717, 1.165) is 6.42 Å². The van der Waals surface area contributed by atoms with Gasteiger partial charge in [0.05, 0.1) is 17.1 Å². The Bertz CT molecular complexity index is 413. The Morgan fingerprint density at radius 2 is 1.88 bits per heavy atom. The number of nitrogens with two attached hydrogens (primary N) is 2. The maximum atomic E-state index is 13.8. The lowest BCUT2D eigenvalue weighted by Gasteiger charge is -2.19. The summed E-state index contributed by atoms with van der Waals surface area (Å²) in [5.74, 6) is -0.585. The van der Waals surface area contributed by atoms with E-state index < -0.39 is 5.82 Å². The van der Waals surface area contributed by atoms with Gasteiger partial charge in [0.2, 0.25) is 0 Å². The Labute approximate surface area is 106 Å². The van der Waals surface area contributed by atoms with Crippen LogP contribution in [0, 0.1) is 11.2 Å². The highest BCUT2D eigenvalue weighted by Crippen LogP contribution is 2.33. The van der Waals surface area contributed by atoms with Gasteiger partial charge in [0.25, 0.3) is 0 Å². The molecule has 0 saturated heterocycles. The fourth-order valence-corrected chi connectivity index (χ4v) is 1.56. The lowest BCUT2D eigenvalue weighted by atomic mass is 9.92. The summed E-state index contributed by atoms with van der Waals surface area (Å²) in [5, 5.41) is 2.88. The van der Waals surface area contributed by atoms with Gasteiger partial charge >= 0.3 is 0 Å². The van der Waals surface area contributed by atoms with Gasteiger partial charge in [-0.3, -0.25) is 0 Å². The molecule has 0 aliphatic carbocycles. The maximum absolute atomic E-state index is 13.8. The van der Waals surface area contributed by atoms with E-state index in [9.17, 15) is 4.39 Å². The molecule has 0 heterocycles. The molecule has 1 rings (SSSR count). The van der Waals surface area contributed by atoms with E-state index >= 15 is 0 Å². The van der Waals surface area contributed by atoms with Crippen LogP contribution < -0.4 is 16.8 Å². The number of anilines is 3. The van der Waals surface area contributed by atoms with Gasteiger partial charge < -0.3 is 16.8 Å². The molecule has 0 amide bonds. The fraction of sp³-hybridized carbons (Fsp3) is 0.500. The highest BCUT2D eigenvalue weighted by molar-refractivity contribution is 6.33. The summed E-state index contributed by atoms with van der Waals surface area (Å²) in [4.78, 5) is 0. The van der Waals surface area contributed by atoms with Gasteiger partial charge in [-0.2, -0.15) is 0 Å². The van der Waals surface area contributed by atoms with E-state index in [-0.39, 0.29) is 27.5 Å². The number of rotatable bonds is 3. The molecule has 0 atom stereocenters. The van der Waals surface area contributed by atoms with Crippen LogP contribution >= 0.6 is 11.6 Å². The third kappa shape index (κ3) is 3.66. The van der Waals surface area contributed by atoms with Crippen molar-refractivity contribution in [2.75, 3.05) is 23.3 Å². The second-order valence-electron chi connectivity index (χ2n) is 5.30. The summed E-state index contributed by atoms with van der Waals surface area (Å²) < 4.78 is 13.8. The minimum Gasteiger partial charge on any atom is -0.397 e. The van der Waals surface area contributed by atoms with Crippen molar-refractivity contribution in [1.82, 2.24) is 0 Å². The summed E-state index contributed by atoms with van der Waals surface area (Å²) in [6, 6.07) is 1.46.